The monoisotopic (exact) mass is 354 g/mol. The molecule has 5 nitrogen and oxygen atoms in total. The van der Waals surface area contributed by atoms with Gasteiger partial charge in [-0.15, -0.1) is 0 Å². The second kappa shape index (κ2) is 6.12. The Kier molecular flexibility index (Phi) is 4.15. The lowest BCUT2D eigenvalue weighted by molar-refractivity contribution is -0.137. The van der Waals surface area contributed by atoms with Crippen LogP contribution < -0.4 is 5.32 Å². The van der Waals surface area contributed by atoms with Crippen LogP contribution in [0.3, 0.4) is 0 Å². The Morgan fingerprint density at radius 2 is 1.88 bits per heavy atom. The van der Waals surface area contributed by atoms with E-state index in [1.54, 1.807) is 12.1 Å². The lowest BCUT2D eigenvalue weighted by Gasteiger charge is -2.08. The molecule has 3 aromatic rings. The van der Waals surface area contributed by atoms with Crippen LogP contribution in [-0.4, -0.2) is 20.5 Å². The normalized spacial score (nSPS) is 11.7. The van der Waals surface area contributed by atoms with E-state index >= 15 is 0 Å². The highest BCUT2D eigenvalue weighted by Crippen LogP contribution is 2.29. The van der Waals surface area contributed by atoms with Gasteiger partial charge in [0.25, 0.3) is 5.91 Å². The maximum Gasteiger partial charge on any atom is 0.416 e. The third kappa shape index (κ3) is 3.48. The number of carbonyl (C=O) groups is 1. The van der Waals surface area contributed by atoms with Gasteiger partial charge in [-0.2, -0.15) is 18.3 Å². The van der Waals surface area contributed by atoms with Gasteiger partial charge in [0.1, 0.15) is 10.8 Å². The summed E-state index contributed by atoms with van der Waals surface area (Å²) in [4.78, 5) is 16.2. The molecule has 3 rings (SSSR count). The topological polar surface area (TPSA) is 59.3 Å². The molecule has 1 amide bonds. The number of nitrogens with one attached hydrogen (secondary N) is 1. The first-order valence-electron chi connectivity index (χ1n) is 6.79. The average molecular weight is 355 g/mol. The molecule has 24 heavy (non-hydrogen) atoms. The van der Waals surface area contributed by atoms with Gasteiger partial charge in [-0.3, -0.25) is 4.79 Å². The van der Waals surface area contributed by atoms with E-state index < -0.39 is 17.6 Å². The lowest BCUT2D eigenvalue weighted by atomic mass is 10.1. The van der Waals surface area contributed by atoms with Crippen LogP contribution in [0.4, 0.5) is 13.2 Å². The summed E-state index contributed by atoms with van der Waals surface area (Å²) in [6.45, 7) is 0.0824. The molecule has 0 unspecified atom stereocenters. The molecule has 0 radical (unpaired) electrons. The number of halogens is 4. The molecule has 0 aliphatic rings. The predicted octanol–water partition coefficient (Wildman–Crippen LogP) is 3.33. The van der Waals surface area contributed by atoms with Crippen LogP contribution in [0.1, 0.15) is 21.6 Å². The fourth-order valence-electron chi connectivity index (χ4n) is 2.05. The molecular formula is C15H10ClF3N4O. The van der Waals surface area contributed by atoms with Crippen LogP contribution in [0.25, 0.3) is 5.65 Å². The summed E-state index contributed by atoms with van der Waals surface area (Å²) in [6, 6.07) is 7.73. The van der Waals surface area contributed by atoms with Gasteiger partial charge >= 0.3 is 6.18 Å². The molecule has 0 saturated heterocycles. The van der Waals surface area contributed by atoms with Crippen molar-refractivity contribution in [2.75, 3.05) is 0 Å². The lowest BCUT2D eigenvalue weighted by Crippen LogP contribution is -2.23. The molecule has 0 aliphatic heterocycles. The third-order valence-electron chi connectivity index (χ3n) is 3.25. The van der Waals surface area contributed by atoms with Gasteiger partial charge in [-0.1, -0.05) is 23.7 Å². The minimum Gasteiger partial charge on any atom is -0.347 e. The molecule has 9 heteroatoms. The van der Waals surface area contributed by atoms with Crippen LogP contribution >= 0.6 is 11.6 Å². The highest BCUT2D eigenvalue weighted by atomic mass is 35.5. The molecule has 0 spiro atoms. The number of carbonyl (C=O) groups excluding carboxylic acids is 1. The number of rotatable bonds is 3. The third-order valence-corrected chi connectivity index (χ3v) is 3.46. The first-order valence-corrected chi connectivity index (χ1v) is 7.17. The van der Waals surface area contributed by atoms with Crippen LogP contribution in [0.15, 0.2) is 42.6 Å². The van der Waals surface area contributed by atoms with Crippen molar-refractivity contribution >= 4 is 23.2 Å². The number of hydrogen-bond acceptors (Lipinski definition) is 3. The van der Waals surface area contributed by atoms with Gasteiger partial charge in [-0.05, 0) is 29.8 Å². The van der Waals surface area contributed by atoms with Gasteiger partial charge in [0.2, 0.25) is 0 Å². The van der Waals surface area contributed by atoms with E-state index in [9.17, 15) is 18.0 Å². The first kappa shape index (κ1) is 16.3. The van der Waals surface area contributed by atoms with Crippen LogP contribution in [0.2, 0.25) is 5.15 Å². The Bertz CT molecular complexity index is 890. The van der Waals surface area contributed by atoms with E-state index in [1.807, 2.05) is 0 Å². The Morgan fingerprint density at radius 1 is 1.17 bits per heavy atom. The fraction of sp³-hybridized carbons (Fsp3) is 0.133. The molecule has 2 heterocycles. The molecule has 0 bridgehead atoms. The molecular weight excluding hydrogens is 345 g/mol. The van der Waals surface area contributed by atoms with E-state index in [2.05, 4.69) is 15.4 Å². The number of alkyl halides is 3. The number of benzene rings is 1. The Hall–Kier alpha value is -2.61. The molecule has 0 saturated carbocycles. The molecule has 124 valence electrons. The number of fused-ring (bicyclic) bond motifs is 1. The summed E-state index contributed by atoms with van der Waals surface area (Å²) in [6.07, 6.45) is -2.96. The quantitative estimate of drug-likeness (QED) is 0.785. The summed E-state index contributed by atoms with van der Waals surface area (Å²) in [5, 5.41) is 6.82. The Balaban J connectivity index is 1.68. The Labute approximate surface area is 139 Å². The van der Waals surface area contributed by atoms with Crippen LogP contribution in [-0.2, 0) is 12.7 Å². The van der Waals surface area contributed by atoms with Gasteiger partial charge in [-0.25, -0.2) is 9.50 Å². The summed E-state index contributed by atoms with van der Waals surface area (Å²) < 4.78 is 38.8. The summed E-state index contributed by atoms with van der Waals surface area (Å²) >= 11 is 5.75. The molecule has 0 aliphatic carbocycles. The molecule has 1 N–H and O–H groups in total. The predicted molar refractivity (Wildman–Crippen MR) is 80.6 cm³/mol. The zero-order valence-electron chi connectivity index (χ0n) is 12.0. The van der Waals surface area contributed by atoms with Crippen molar-refractivity contribution in [2.24, 2.45) is 0 Å². The zero-order valence-corrected chi connectivity index (χ0v) is 12.8. The van der Waals surface area contributed by atoms with Crippen molar-refractivity contribution in [3.05, 3.63) is 64.6 Å². The number of nitrogens with zero attached hydrogens (tertiary/aromatic N) is 3. The molecule has 0 fully saturated rings. The molecule has 1 aromatic carbocycles. The highest BCUT2D eigenvalue weighted by Gasteiger charge is 2.29. The van der Waals surface area contributed by atoms with E-state index in [0.717, 1.165) is 12.1 Å². The maximum absolute atomic E-state index is 12.5. The highest BCUT2D eigenvalue weighted by molar-refractivity contribution is 6.29. The van der Waals surface area contributed by atoms with Crippen LogP contribution in [0, 0.1) is 0 Å². The van der Waals surface area contributed by atoms with Crippen molar-refractivity contribution in [1.82, 2.24) is 19.9 Å². The smallest absolute Gasteiger partial charge is 0.347 e. The molecule has 2 aromatic heterocycles. The first-order chi connectivity index (χ1) is 11.3. The summed E-state index contributed by atoms with van der Waals surface area (Å²) in [5.74, 6) is -0.462. The van der Waals surface area contributed by atoms with E-state index in [4.69, 9.17) is 11.6 Å². The van der Waals surface area contributed by atoms with Gasteiger partial charge < -0.3 is 5.32 Å². The number of hydrogen-bond donors (Lipinski definition) is 1. The van der Waals surface area contributed by atoms with E-state index in [0.29, 0.717) is 11.2 Å². The molecule has 0 atom stereocenters. The minimum absolute atomic E-state index is 0.0824. The van der Waals surface area contributed by atoms with Crippen molar-refractivity contribution in [2.45, 2.75) is 12.7 Å². The number of amides is 1. The average Bonchev–Trinajstić information content (AvgIpc) is 2.95. The second-order valence-electron chi connectivity index (χ2n) is 4.96. The van der Waals surface area contributed by atoms with Crippen molar-refractivity contribution in [3.63, 3.8) is 0 Å². The summed E-state index contributed by atoms with van der Waals surface area (Å²) in [7, 11) is 0. The fourth-order valence-corrected chi connectivity index (χ4v) is 2.20. The van der Waals surface area contributed by atoms with Crippen LogP contribution in [0.5, 0.6) is 0 Å². The summed E-state index contributed by atoms with van der Waals surface area (Å²) in [5.41, 5.74) is 0.401. The zero-order chi connectivity index (χ0) is 17.3. The maximum atomic E-state index is 12.5. The SMILES string of the molecule is O=C(NCc1ccc(C(F)(F)F)cc1)c1cn2nc(Cl)ccc2n1. The van der Waals surface area contributed by atoms with Gasteiger partial charge in [0.05, 0.1) is 11.8 Å². The Morgan fingerprint density at radius 3 is 2.54 bits per heavy atom. The van der Waals surface area contributed by atoms with Gasteiger partial charge in [0, 0.05) is 6.54 Å². The number of aromatic nitrogens is 3. The van der Waals surface area contributed by atoms with E-state index in [1.165, 1.54) is 22.8 Å². The standard InChI is InChI=1S/C15H10ClF3N4O/c16-12-5-6-13-21-11(8-23(13)22-12)14(24)20-7-9-1-3-10(4-2-9)15(17,18)19/h1-6,8H,7H2,(H,20,24). The van der Waals surface area contributed by atoms with Crippen molar-refractivity contribution in [3.8, 4) is 0 Å². The largest absolute Gasteiger partial charge is 0.416 e. The van der Waals surface area contributed by atoms with E-state index in [-0.39, 0.29) is 17.4 Å². The second-order valence-corrected chi connectivity index (χ2v) is 5.35. The number of imidazole rings is 1. The van der Waals surface area contributed by atoms with Crippen molar-refractivity contribution < 1.29 is 18.0 Å². The van der Waals surface area contributed by atoms with Gasteiger partial charge in [0.15, 0.2) is 5.65 Å². The minimum atomic E-state index is -4.38. The van der Waals surface area contributed by atoms with Crippen molar-refractivity contribution in [1.29, 1.82) is 0 Å².